The molecular formula is C22H20N4O5S. The van der Waals surface area contributed by atoms with E-state index in [0.29, 0.717) is 11.3 Å². The first-order valence-electron chi connectivity index (χ1n) is 10.1. The van der Waals surface area contributed by atoms with Crippen molar-refractivity contribution in [1.82, 2.24) is 10.2 Å². The first-order valence-corrected chi connectivity index (χ1v) is 10.9. The number of nitrogens with zero attached hydrogens (tertiary/aromatic N) is 4. The molecule has 0 bridgehead atoms. The minimum atomic E-state index is -1.20. The Morgan fingerprint density at radius 3 is 2.56 bits per heavy atom. The summed E-state index contributed by atoms with van der Waals surface area (Å²) in [6.07, 6.45) is 4.47. The molecule has 2 heterocycles. The van der Waals surface area contributed by atoms with Gasteiger partial charge >= 0.3 is 5.97 Å². The number of carbonyl (C=O) groups is 1. The molecule has 0 amide bonds. The predicted octanol–water partition coefficient (Wildman–Crippen LogP) is 4.85. The maximum atomic E-state index is 11.8. The Morgan fingerprint density at radius 1 is 1.12 bits per heavy atom. The Morgan fingerprint density at radius 2 is 1.88 bits per heavy atom. The van der Waals surface area contributed by atoms with Gasteiger partial charge < -0.3 is 14.4 Å². The third-order valence-electron chi connectivity index (χ3n) is 5.03. The topological polar surface area (TPSA) is 123 Å². The smallest absolute Gasteiger partial charge is 0.342 e. The highest BCUT2D eigenvalue weighted by Gasteiger charge is 2.22. The van der Waals surface area contributed by atoms with E-state index >= 15 is 0 Å². The van der Waals surface area contributed by atoms with Gasteiger partial charge in [-0.05, 0) is 60.9 Å². The monoisotopic (exact) mass is 452 g/mol. The van der Waals surface area contributed by atoms with Gasteiger partial charge in [-0.1, -0.05) is 24.3 Å². The summed E-state index contributed by atoms with van der Waals surface area (Å²) in [4.78, 5) is 24.9. The molecule has 4 rings (SSSR count). The number of piperidine rings is 1. The lowest BCUT2D eigenvalue weighted by Gasteiger charge is -2.28. The first kappa shape index (κ1) is 21.6. The summed E-state index contributed by atoms with van der Waals surface area (Å²) in [5.74, 6) is -0.920. The molecule has 0 atom stereocenters. The van der Waals surface area contributed by atoms with Crippen molar-refractivity contribution >= 4 is 35.2 Å². The lowest BCUT2D eigenvalue weighted by Crippen LogP contribution is -2.29. The van der Waals surface area contributed by atoms with Gasteiger partial charge in [-0.25, -0.2) is 4.79 Å². The number of aliphatic carboxylic acids is 1. The van der Waals surface area contributed by atoms with Crippen molar-refractivity contribution in [3.63, 3.8) is 0 Å². The van der Waals surface area contributed by atoms with E-state index in [-0.39, 0.29) is 21.7 Å². The van der Waals surface area contributed by atoms with E-state index in [9.17, 15) is 20.0 Å². The standard InChI is InChI=1S/C22H20N4O5S/c27-21(28)19(32-22-24-23-20(31-22)16-7-3-1-4-8-16)14-15-9-10-17(18(13-15)26(29)30)25-11-5-2-6-12-25/h1,3-4,7-10,13-14H,2,5-6,11-12H2,(H,27,28). The number of benzene rings is 2. The van der Waals surface area contributed by atoms with Gasteiger partial charge in [0.2, 0.25) is 5.89 Å². The van der Waals surface area contributed by atoms with E-state index in [2.05, 4.69) is 10.2 Å². The first-order chi connectivity index (χ1) is 15.5. The molecule has 10 heteroatoms. The van der Waals surface area contributed by atoms with Crippen molar-refractivity contribution < 1.29 is 19.2 Å². The van der Waals surface area contributed by atoms with Crippen LogP contribution >= 0.6 is 11.8 Å². The normalized spacial score (nSPS) is 14.4. The number of anilines is 1. The largest absolute Gasteiger partial charge is 0.477 e. The van der Waals surface area contributed by atoms with Crippen LogP contribution in [0.2, 0.25) is 0 Å². The average Bonchev–Trinajstić information content (AvgIpc) is 3.28. The molecule has 32 heavy (non-hydrogen) atoms. The lowest BCUT2D eigenvalue weighted by molar-refractivity contribution is -0.384. The molecule has 0 aliphatic carbocycles. The van der Waals surface area contributed by atoms with E-state index in [1.54, 1.807) is 24.3 Å². The van der Waals surface area contributed by atoms with Crippen LogP contribution in [0.1, 0.15) is 24.8 Å². The number of nitro groups is 1. The summed E-state index contributed by atoms with van der Waals surface area (Å²) >= 11 is 0.795. The number of rotatable bonds is 7. The second kappa shape index (κ2) is 9.65. The zero-order valence-corrected chi connectivity index (χ0v) is 17.8. The Labute approximate surface area is 187 Å². The second-order valence-corrected chi connectivity index (χ2v) is 8.20. The molecule has 1 N–H and O–H groups in total. The van der Waals surface area contributed by atoms with Crippen molar-refractivity contribution in [1.29, 1.82) is 0 Å². The molecule has 1 aromatic heterocycles. The number of hydrogen-bond acceptors (Lipinski definition) is 8. The molecule has 1 aliphatic heterocycles. The van der Waals surface area contributed by atoms with Crippen molar-refractivity contribution in [3.8, 4) is 11.5 Å². The average molecular weight is 452 g/mol. The van der Waals surface area contributed by atoms with Crippen LogP contribution in [0, 0.1) is 10.1 Å². The van der Waals surface area contributed by atoms with Gasteiger partial charge in [0, 0.05) is 24.7 Å². The van der Waals surface area contributed by atoms with Gasteiger partial charge in [-0.15, -0.1) is 10.2 Å². The zero-order valence-electron chi connectivity index (χ0n) is 17.0. The molecule has 0 radical (unpaired) electrons. The Kier molecular flexibility index (Phi) is 6.50. The lowest BCUT2D eigenvalue weighted by atomic mass is 10.1. The fraction of sp³-hybridized carbons (Fsp3) is 0.227. The minimum absolute atomic E-state index is 0.0421. The van der Waals surface area contributed by atoms with Crippen LogP contribution in [-0.4, -0.2) is 39.3 Å². The second-order valence-electron chi connectivity index (χ2n) is 7.21. The van der Waals surface area contributed by atoms with Gasteiger partial charge in [-0.2, -0.15) is 0 Å². The third-order valence-corrected chi connectivity index (χ3v) is 5.88. The SMILES string of the molecule is O=C(O)C(=Cc1ccc(N2CCCCC2)c([N+](=O)[O-])c1)Sc1nnc(-c2ccccc2)o1. The molecule has 0 spiro atoms. The summed E-state index contributed by atoms with van der Waals surface area (Å²) in [5.41, 5.74) is 1.64. The number of carboxylic acid groups (broad SMARTS) is 1. The van der Waals surface area contributed by atoms with Crippen LogP contribution in [0.15, 0.2) is 63.1 Å². The van der Waals surface area contributed by atoms with Gasteiger partial charge in [-0.3, -0.25) is 10.1 Å². The highest BCUT2D eigenvalue weighted by Crippen LogP contribution is 2.34. The maximum absolute atomic E-state index is 11.8. The number of nitro benzene ring substituents is 1. The summed E-state index contributed by atoms with van der Waals surface area (Å²) in [7, 11) is 0. The highest BCUT2D eigenvalue weighted by atomic mass is 32.2. The number of carboxylic acids is 1. The third kappa shape index (κ3) is 4.97. The van der Waals surface area contributed by atoms with Crippen LogP contribution in [0.25, 0.3) is 17.5 Å². The molecule has 1 saturated heterocycles. The summed E-state index contributed by atoms with van der Waals surface area (Å²) in [6.45, 7) is 1.54. The number of aromatic nitrogens is 2. The molecule has 1 fully saturated rings. The van der Waals surface area contributed by atoms with Crippen LogP contribution in [0.5, 0.6) is 0 Å². The molecular weight excluding hydrogens is 432 g/mol. The Balaban J connectivity index is 1.60. The summed E-state index contributed by atoms with van der Waals surface area (Å²) < 4.78 is 5.57. The fourth-order valence-corrected chi connectivity index (χ4v) is 4.18. The van der Waals surface area contributed by atoms with E-state index < -0.39 is 10.9 Å². The van der Waals surface area contributed by atoms with Gasteiger partial charge in [0.15, 0.2) is 0 Å². The van der Waals surface area contributed by atoms with Crippen molar-refractivity contribution in [3.05, 3.63) is 69.1 Å². The molecule has 0 saturated carbocycles. The van der Waals surface area contributed by atoms with E-state index in [0.717, 1.165) is 49.7 Å². The van der Waals surface area contributed by atoms with E-state index in [4.69, 9.17) is 4.42 Å². The van der Waals surface area contributed by atoms with Crippen LogP contribution in [0.3, 0.4) is 0 Å². The van der Waals surface area contributed by atoms with Gasteiger partial charge in [0.05, 0.1) is 4.92 Å². The van der Waals surface area contributed by atoms with Crippen molar-refractivity contribution in [2.45, 2.75) is 24.5 Å². The number of hydrogen-bond donors (Lipinski definition) is 1. The van der Waals surface area contributed by atoms with E-state index in [1.807, 2.05) is 23.1 Å². The molecule has 3 aromatic rings. The Hall–Kier alpha value is -3.66. The molecule has 0 unspecified atom stereocenters. The molecule has 9 nitrogen and oxygen atoms in total. The molecule has 1 aliphatic rings. The highest BCUT2D eigenvalue weighted by molar-refractivity contribution is 8.03. The Bertz CT molecular complexity index is 1160. The quantitative estimate of drug-likeness (QED) is 0.232. The predicted molar refractivity (Wildman–Crippen MR) is 120 cm³/mol. The van der Waals surface area contributed by atoms with Crippen LogP contribution in [0.4, 0.5) is 11.4 Å². The number of thioether (sulfide) groups is 1. The van der Waals surface area contributed by atoms with E-state index in [1.165, 1.54) is 12.1 Å². The van der Waals surface area contributed by atoms with Gasteiger partial charge in [0.25, 0.3) is 10.9 Å². The molecule has 2 aromatic carbocycles. The van der Waals surface area contributed by atoms with Crippen molar-refractivity contribution in [2.24, 2.45) is 0 Å². The maximum Gasteiger partial charge on any atom is 0.342 e. The van der Waals surface area contributed by atoms with Crippen molar-refractivity contribution in [2.75, 3.05) is 18.0 Å². The zero-order chi connectivity index (χ0) is 22.5. The molecule has 164 valence electrons. The summed E-state index contributed by atoms with van der Waals surface area (Å²) in [5, 5.41) is 29.2. The summed E-state index contributed by atoms with van der Waals surface area (Å²) in [6, 6.07) is 13.9. The fourth-order valence-electron chi connectivity index (χ4n) is 3.51. The minimum Gasteiger partial charge on any atom is -0.477 e. The van der Waals surface area contributed by atoms with Crippen LogP contribution in [-0.2, 0) is 4.79 Å². The van der Waals surface area contributed by atoms with Crippen LogP contribution < -0.4 is 4.90 Å². The van der Waals surface area contributed by atoms with Gasteiger partial charge in [0.1, 0.15) is 10.6 Å².